The predicted molar refractivity (Wildman–Crippen MR) is 65.4 cm³/mol. The van der Waals surface area contributed by atoms with Crippen LogP contribution in [0.15, 0.2) is 18.2 Å². The van der Waals surface area contributed by atoms with Gasteiger partial charge in [0.2, 0.25) is 0 Å². The van der Waals surface area contributed by atoms with Gasteiger partial charge in [0, 0.05) is 10.0 Å². The molecule has 1 N–H and O–H groups in total. The number of halogens is 2. The molecular weight excluding hydrogens is 247 g/mol. The molecular formula is C12H14Cl2O2. The molecule has 0 unspecified atom stereocenters. The second-order valence-electron chi connectivity index (χ2n) is 4.33. The lowest BCUT2D eigenvalue weighted by atomic mass is 10.0. The first-order valence-corrected chi connectivity index (χ1v) is 6.14. The smallest absolute Gasteiger partial charge is 0.122 e. The van der Waals surface area contributed by atoms with Crippen LogP contribution in [0.1, 0.15) is 25.7 Å². The molecule has 1 aromatic rings. The van der Waals surface area contributed by atoms with Crippen molar-refractivity contribution in [3.63, 3.8) is 0 Å². The van der Waals surface area contributed by atoms with E-state index in [-0.39, 0.29) is 0 Å². The Labute approximate surface area is 105 Å². The van der Waals surface area contributed by atoms with Crippen molar-refractivity contribution in [2.75, 3.05) is 6.61 Å². The molecule has 2 rings (SSSR count). The van der Waals surface area contributed by atoms with E-state index in [0.717, 1.165) is 25.7 Å². The van der Waals surface area contributed by atoms with Gasteiger partial charge in [0.1, 0.15) is 12.4 Å². The maximum atomic E-state index is 10.1. The van der Waals surface area contributed by atoms with E-state index in [2.05, 4.69) is 0 Å². The number of ether oxygens (including phenoxy) is 1. The van der Waals surface area contributed by atoms with Crippen LogP contribution in [0.2, 0.25) is 10.0 Å². The lowest BCUT2D eigenvalue weighted by Crippen LogP contribution is -2.32. The quantitative estimate of drug-likeness (QED) is 0.899. The first kappa shape index (κ1) is 12.0. The van der Waals surface area contributed by atoms with Crippen LogP contribution in [0.25, 0.3) is 0 Å². The van der Waals surface area contributed by atoms with Crippen molar-refractivity contribution in [1.29, 1.82) is 0 Å². The standard InChI is InChI=1S/C12H14Cl2O2/c13-9-5-10(14)7-11(6-9)16-8-12(15)3-1-2-4-12/h5-7,15H,1-4,8H2. The molecule has 1 aromatic carbocycles. The summed E-state index contributed by atoms with van der Waals surface area (Å²) < 4.78 is 5.54. The average Bonchev–Trinajstić information content (AvgIpc) is 2.62. The Morgan fingerprint density at radius 1 is 1.12 bits per heavy atom. The van der Waals surface area contributed by atoms with Crippen molar-refractivity contribution < 1.29 is 9.84 Å². The minimum Gasteiger partial charge on any atom is -0.490 e. The van der Waals surface area contributed by atoms with Crippen molar-refractivity contribution in [3.05, 3.63) is 28.2 Å². The van der Waals surface area contributed by atoms with Gasteiger partial charge in [0.25, 0.3) is 0 Å². The molecule has 0 saturated heterocycles. The summed E-state index contributed by atoms with van der Waals surface area (Å²) in [6.07, 6.45) is 3.74. The largest absolute Gasteiger partial charge is 0.490 e. The molecule has 0 heterocycles. The van der Waals surface area contributed by atoms with Crippen LogP contribution in [0, 0.1) is 0 Å². The molecule has 88 valence electrons. The zero-order valence-electron chi connectivity index (χ0n) is 8.88. The normalized spacial score (nSPS) is 18.7. The van der Waals surface area contributed by atoms with Crippen molar-refractivity contribution in [2.24, 2.45) is 0 Å². The van der Waals surface area contributed by atoms with Gasteiger partial charge in [-0.25, -0.2) is 0 Å². The Hall–Kier alpha value is -0.440. The van der Waals surface area contributed by atoms with Crippen molar-refractivity contribution in [1.82, 2.24) is 0 Å². The van der Waals surface area contributed by atoms with Crippen LogP contribution in [-0.2, 0) is 0 Å². The number of rotatable bonds is 3. The Morgan fingerprint density at radius 3 is 2.25 bits per heavy atom. The zero-order chi connectivity index (χ0) is 11.6. The van der Waals surface area contributed by atoms with Gasteiger partial charge < -0.3 is 9.84 Å². The second-order valence-corrected chi connectivity index (χ2v) is 5.20. The molecule has 0 radical (unpaired) electrons. The van der Waals surface area contributed by atoms with Gasteiger partial charge in [-0.1, -0.05) is 36.0 Å². The predicted octanol–water partition coefficient (Wildman–Crippen LogP) is 3.68. The van der Waals surface area contributed by atoms with Gasteiger partial charge in [-0.2, -0.15) is 0 Å². The molecule has 1 aliphatic rings. The molecule has 0 amide bonds. The third-order valence-corrected chi connectivity index (χ3v) is 3.31. The lowest BCUT2D eigenvalue weighted by Gasteiger charge is -2.22. The monoisotopic (exact) mass is 260 g/mol. The molecule has 0 aromatic heterocycles. The summed E-state index contributed by atoms with van der Waals surface area (Å²) in [5.74, 6) is 0.609. The molecule has 0 bridgehead atoms. The first-order chi connectivity index (χ1) is 7.57. The molecule has 0 spiro atoms. The van der Waals surface area contributed by atoms with Gasteiger partial charge in [0.15, 0.2) is 0 Å². The van der Waals surface area contributed by atoms with Crippen LogP contribution in [0.3, 0.4) is 0 Å². The highest BCUT2D eigenvalue weighted by Crippen LogP contribution is 2.31. The van der Waals surface area contributed by atoms with E-state index in [1.807, 2.05) is 0 Å². The highest BCUT2D eigenvalue weighted by Gasteiger charge is 2.31. The summed E-state index contributed by atoms with van der Waals surface area (Å²) in [6.45, 7) is 0.309. The van der Waals surface area contributed by atoms with Crippen LogP contribution < -0.4 is 4.74 Å². The van der Waals surface area contributed by atoms with Crippen molar-refractivity contribution >= 4 is 23.2 Å². The topological polar surface area (TPSA) is 29.5 Å². The van der Waals surface area contributed by atoms with Crippen LogP contribution in [0.5, 0.6) is 5.75 Å². The maximum Gasteiger partial charge on any atom is 0.122 e. The fourth-order valence-electron chi connectivity index (χ4n) is 2.01. The maximum absolute atomic E-state index is 10.1. The van der Waals surface area contributed by atoms with E-state index < -0.39 is 5.60 Å². The van der Waals surface area contributed by atoms with E-state index >= 15 is 0 Å². The number of benzene rings is 1. The van der Waals surface area contributed by atoms with E-state index in [1.165, 1.54) is 0 Å². The Kier molecular flexibility index (Phi) is 3.63. The minimum atomic E-state index is -0.672. The summed E-state index contributed by atoms with van der Waals surface area (Å²) in [5, 5.41) is 11.2. The molecule has 0 atom stereocenters. The van der Waals surface area contributed by atoms with Gasteiger partial charge in [-0.15, -0.1) is 0 Å². The van der Waals surface area contributed by atoms with E-state index in [1.54, 1.807) is 18.2 Å². The summed E-state index contributed by atoms with van der Waals surface area (Å²) in [5.41, 5.74) is -0.672. The van der Waals surface area contributed by atoms with Crippen molar-refractivity contribution in [2.45, 2.75) is 31.3 Å². The van der Waals surface area contributed by atoms with Gasteiger partial charge in [-0.05, 0) is 31.0 Å². The average molecular weight is 261 g/mol. The third-order valence-electron chi connectivity index (χ3n) is 2.88. The SMILES string of the molecule is OC1(COc2cc(Cl)cc(Cl)c2)CCCC1. The summed E-state index contributed by atoms with van der Waals surface area (Å²) in [6, 6.07) is 5.05. The molecule has 1 fully saturated rings. The van der Waals surface area contributed by atoms with E-state index in [4.69, 9.17) is 27.9 Å². The highest BCUT2D eigenvalue weighted by molar-refractivity contribution is 6.34. The van der Waals surface area contributed by atoms with Gasteiger partial charge >= 0.3 is 0 Å². The van der Waals surface area contributed by atoms with E-state index in [9.17, 15) is 5.11 Å². The highest BCUT2D eigenvalue weighted by atomic mass is 35.5. The number of hydrogen-bond donors (Lipinski definition) is 1. The summed E-state index contributed by atoms with van der Waals surface area (Å²) in [4.78, 5) is 0. The first-order valence-electron chi connectivity index (χ1n) is 5.39. The summed E-state index contributed by atoms with van der Waals surface area (Å²) in [7, 11) is 0. The molecule has 0 aliphatic heterocycles. The summed E-state index contributed by atoms with van der Waals surface area (Å²) >= 11 is 11.7. The van der Waals surface area contributed by atoms with Gasteiger partial charge in [0.05, 0.1) is 5.60 Å². The van der Waals surface area contributed by atoms with Crippen LogP contribution in [-0.4, -0.2) is 17.3 Å². The lowest BCUT2D eigenvalue weighted by molar-refractivity contribution is 0.00141. The molecule has 1 saturated carbocycles. The Bertz CT molecular complexity index is 353. The molecule has 2 nitrogen and oxygen atoms in total. The molecule has 4 heteroatoms. The van der Waals surface area contributed by atoms with Crippen molar-refractivity contribution in [3.8, 4) is 5.75 Å². The molecule has 16 heavy (non-hydrogen) atoms. The number of hydrogen-bond acceptors (Lipinski definition) is 2. The third kappa shape index (κ3) is 3.03. The minimum absolute atomic E-state index is 0.309. The fourth-order valence-corrected chi connectivity index (χ4v) is 2.51. The van der Waals surface area contributed by atoms with Gasteiger partial charge in [-0.3, -0.25) is 0 Å². The van der Waals surface area contributed by atoms with Crippen LogP contribution >= 0.6 is 23.2 Å². The fraction of sp³-hybridized carbons (Fsp3) is 0.500. The Balaban J connectivity index is 1.98. The molecule has 1 aliphatic carbocycles. The van der Waals surface area contributed by atoms with Crippen LogP contribution in [0.4, 0.5) is 0 Å². The zero-order valence-corrected chi connectivity index (χ0v) is 10.4. The number of aliphatic hydroxyl groups is 1. The second kappa shape index (κ2) is 4.82. The Morgan fingerprint density at radius 2 is 1.69 bits per heavy atom. The van der Waals surface area contributed by atoms with E-state index in [0.29, 0.717) is 22.4 Å².